The van der Waals surface area contributed by atoms with Crippen molar-refractivity contribution in [2.75, 3.05) is 14.1 Å². The van der Waals surface area contributed by atoms with Gasteiger partial charge in [-0.05, 0) is 39.3 Å². The molecule has 0 aliphatic heterocycles. The van der Waals surface area contributed by atoms with Gasteiger partial charge in [-0.1, -0.05) is 33.1 Å². The van der Waals surface area contributed by atoms with E-state index < -0.39 is 0 Å². The second kappa shape index (κ2) is 5.99. The molecular weight excluding hydrogens is 198 g/mol. The Labute approximate surface area is 101 Å². The summed E-state index contributed by atoms with van der Waals surface area (Å²) in [6, 6.07) is 0.419. The topological polar surface area (TPSA) is 41.3 Å². The van der Waals surface area contributed by atoms with Crippen LogP contribution in [-0.2, 0) is 0 Å². The number of nitrogens with two attached hydrogens (primary N) is 1. The molecule has 0 bridgehead atoms. The van der Waals surface area contributed by atoms with Crippen molar-refractivity contribution in [3.8, 4) is 0 Å². The van der Waals surface area contributed by atoms with Gasteiger partial charge in [-0.3, -0.25) is 11.3 Å². The summed E-state index contributed by atoms with van der Waals surface area (Å²) < 4.78 is 0. The number of rotatable bonds is 7. The molecule has 0 radical (unpaired) electrons. The lowest BCUT2D eigenvalue weighted by Crippen LogP contribution is -2.60. The van der Waals surface area contributed by atoms with Crippen molar-refractivity contribution in [1.29, 1.82) is 0 Å². The largest absolute Gasteiger partial charge is 0.302 e. The van der Waals surface area contributed by atoms with Crippen LogP contribution < -0.4 is 11.3 Å². The summed E-state index contributed by atoms with van der Waals surface area (Å²) in [4.78, 5) is 2.36. The number of hydrazine groups is 1. The molecule has 1 saturated carbocycles. The van der Waals surface area contributed by atoms with Crippen LogP contribution in [0, 0.1) is 5.92 Å². The molecule has 3 heteroatoms. The van der Waals surface area contributed by atoms with Gasteiger partial charge in [0.05, 0.1) is 0 Å². The van der Waals surface area contributed by atoms with Crippen molar-refractivity contribution in [2.24, 2.45) is 11.8 Å². The third-order valence-electron chi connectivity index (χ3n) is 4.76. The third-order valence-corrected chi connectivity index (χ3v) is 4.76. The summed E-state index contributed by atoms with van der Waals surface area (Å²) >= 11 is 0. The molecule has 1 rings (SSSR count). The van der Waals surface area contributed by atoms with Crippen LogP contribution in [0.3, 0.4) is 0 Å². The maximum atomic E-state index is 5.80. The molecule has 0 saturated heterocycles. The molecule has 1 atom stereocenters. The Morgan fingerprint density at radius 3 is 2.12 bits per heavy atom. The van der Waals surface area contributed by atoms with Crippen molar-refractivity contribution < 1.29 is 0 Å². The molecule has 0 aromatic carbocycles. The van der Waals surface area contributed by atoms with E-state index in [0.717, 1.165) is 18.8 Å². The molecule has 0 heterocycles. The number of hydrogen-bond donors (Lipinski definition) is 2. The summed E-state index contributed by atoms with van der Waals surface area (Å²) in [5.74, 6) is 6.70. The molecule has 1 aliphatic rings. The van der Waals surface area contributed by atoms with E-state index in [1.807, 2.05) is 0 Å². The summed E-state index contributed by atoms with van der Waals surface area (Å²) in [7, 11) is 4.36. The molecule has 3 nitrogen and oxygen atoms in total. The predicted molar refractivity (Wildman–Crippen MR) is 70.1 cm³/mol. The number of nitrogens with zero attached hydrogens (tertiary/aromatic N) is 1. The maximum absolute atomic E-state index is 5.80. The fourth-order valence-corrected chi connectivity index (χ4v) is 3.19. The first-order valence-corrected chi connectivity index (χ1v) is 6.74. The molecule has 0 aromatic heterocycles. The van der Waals surface area contributed by atoms with Crippen molar-refractivity contribution >= 4 is 0 Å². The average molecular weight is 227 g/mol. The molecule has 1 aliphatic carbocycles. The van der Waals surface area contributed by atoms with Crippen LogP contribution in [0.1, 0.15) is 52.4 Å². The number of likely N-dealkylation sites (N-methyl/N-ethyl adjacent to an activating group) is 1. The zero-order valence-corrected chi connectivity index (χ0v) is 11.4. The van der Waals surface area contributed by atoms with E-state index in [2.05, 4.69) is 38.3 Å². The minimum absolute atomic E-state index is 0.213. The van der Waals surface area contributed by atoms with Gasteiger partial charge < -0.3 is 4.90 Å². The standard InChI is InChI=1S/C13H29N3/c1-5-13(6-2,16(3)4)12(15-14)10-11-8-7-9-11/h11-12,15H,5-10,14H2,1-4H3. The van der Waals surface area contributed by atoms with Gasteiger partial charge in [-0.25, -0.2) is 0 Å². The highest BCUT2D eigenvalue weighted by molar-refractivity contribution is 4.97. The highest BCUT2D eigenvalue weighted by Crippen LogP contribution is 2.36. The molecule has 1 fully saturated rings. The normalized spacial score (nSPS) is 19.9. The zero-order chi connectivity index (χ0) is 12.2. The quantitative estimate of drug-likeness (QED) is 0.517. The Hall–Kier alpha value is -0.120. The number of nitrogens with one attached hydrogen (secondary N) is 1. The first-order valence-electron chi connectivity index (χ1n) is 6.74. The van der Waals surface area contributed by atoms with E-state index >= 15 is 0 Å². The lowest BCUT2D eigenvalue weighted by molar-refractivity contribution is 0.0672. The minimum atomic E-state index is 0.213. The van der Waals surface area contributed by atoms with Crippen LogP contribution in [-0.4, -0.2) is 30.6 Å². The minimum Gasteiger partial charge on any atom is -0.302 e. The van der Waals surface area contributed by atoms with Crippen molar-refractivity contribution in [3.63, 3.8) is 0 Å². The van der Waals surface area contributed by atoms with Crippen molar-refractivity contribution in [3.05, 3.63) is 0 Å². The van der Waals surface area contributed by atoms with Crippen LogP contribution >= 0.6 is 0 Å². The molecule has 0 amide bonds. The van der Waals surface area contributed by atoms with Crippen LogP contribution in [0.25, 0.3) is 0 Å². The molecule has 16 heavy (non-hydrogen) atoms. The second-order valence-electron chi connectivity index (χ2n) is 5.46. The summed E-state index contributed by atoms with van der Waals surface area (Å²) in [6.07, 6.45) is 7.74. The van der Waals surface area contributed by atoms with Crippen molar-refractivity contribution in [1.82, 2.24) is 10.3 Å². The van der Waals surface area contributed by atoms with Gasteiger partial charge in [0.2, 0.25) is 0 Å². The van der Waals surface area contributed by atoms with Crippen LogP contribution in [0.4, 0.5) is 0 Å². The highest BCUT2D eigenvalue weighted by atomic mass is 15.3. The van der Waals surface area contributed by atoms with Gasteiger partial charge in [-0.15, -0.1) is 0 Å². The van der Waals surface area contributed by atoms with E-state index in [4.69, 9.17) is 5.84 Å². The van der Waals surface area contributed by atoms with Gasteiger partial charge in [-0.2, -0.15) is 0 Å². The lowest BCUT2D eigenvalue weighted by atomic mass is 9.74. The first kappa shape index (κ1) is 13.9. The predicted octanol–water partition coefficient (Wildman–Crippen LogP) is 2.13. The SMILES string of the molecule is CCC(CC)(C(CC1CCC1)NN)N(C)C. The van der Waals surface area contributed by atoms with Gasteiger partial charge in [0.25, 0.3) is 0 Å². The van der Waals surface area contributed by atoms with Gasteiger partial charge in [0.1, 0.15) is 0 Å². The molecule has 1 unspecified atom stereocenters. The fourth-order valence-electron chi connectivity index (χ4n) is 3.19. The monoisotopic (exact) mass is 227 g/mol. The molecule has 3 N–H and O–H groups in total. The van der Waals surface area contributed by atoms with Gasteiger partial charge in [0.15, 0.2) is 0 Å². The second-order valence-corrected chi connectivity index (χ2v) is 5.46. The van der Waals surface area contributed by atoms with Crippen LogP contribution in [0.2, 0.25) is 0 Å². The van der Waals surface area contributed by atoms with E-state index in [1.54, 1.807) is 0 Å². The Balaban J connectivity index is 2.70. The average Bonchev–Trinajstić information content (AvgIpc) is 2.21. The van der Waals surface area contributed by atoms with Crippen LogP contribution in [0.15, 0.2) is 0 Å². The van der Waals surface area contributed by atoms with E-state index in [1.165, 1.54) is 25.7 Å². The van der Waals surface area contributed by atoms with Gasteiger partial charge >= 0.3 is 0 Å². The summed E-state index contributed by atoms with van der Waals surface area (Å²) in [5, 5.41) is 0. The molecule has 0 aromatic rings. The maximum Gasteiger partial charge on any atom is 0.0396 e. The lowest BCUT2D eigenvalue weighted by Gasteiger charge is -2.46. The Morgan fingerprint density at radius 1 is 1.31 bits per heavy atom. The molecule has 96 valence electrons. The van der Waals surface area contributed by atoms with Crippen molar-refractivity contribution in [2.45, 2.75) is 64.0 Å². The van der Waals surface area contributed by atoms with Crippen LogP contribution in [0.5, 0.6) is 0 Å². The Kier molecular flexibility index (Phi) is 5.22. The smallest absolute Gasteiger partial charge is 0.0396 e. The van der Waals surface area contributed by atoms with E-state index in [-0.39, 0.29) is 5.54 Å². The highest BCUT2D eigenvalue weighted by Gasteiger charge is 2.39. The Morgan fingerprint density at radius 2 is 1.88 bits per heavy atom. The third kappa shape index (κ3) is 2.58. The molecular formula is C13H29N3. The number of hydrogen-bond acceptors (Lipinski definition) is 3. The zero-order valence-electron chi connectivity index (χ0n) is 11.4. The van der Waals surface area contributed by atoms with E-state index in [9.17, 15) is 0 Å². The Bertz CT molecular complexity index is 195. The first-order chi connectivity index (χ1) is 7.60. The fraction of sp³-hybridized carbons (Fsp3) is 1.00. The van der Waals surface area contributed by atoms with E-state index in [0.29, 0.717) is 6.04 Å². The summed E-state index contributed by atoms with van der Waals surface area (Å²) in [6.45, 7) is 4.54. The van der Waals surface area contributed by atoms with Gasteiger partial charge in [0, 0.05) is 11.6 Å². The molecule has 0 spiro atoms. The summed E-state index contributed by atoms with van der Waals surface area (Å²) in [5.41, 5.74) is 3.30.